The Morgan fingerprint density at radius 1 is 1.37 bits per heavy atom. The van der Waals surface area contributed by atoms with E-state index in [0.29, 0.717) is 0 Å². The number of rotatable bonds is 5. The summed E-state index contributed by atoms with van der Waals surface area (Å²) in [6.45, 7) is 3.17. The molecule has 0 amide bonds. The molecule has 19 heavy (non-hydrogen) atoms. The molecule has 0 aromatic carbocycles. The molecule has 108 valence electrons. The zero-order chi connectivity index (χ0) is 13.8. The minimum atomic E-state index is 0.726. The topological polar surface area (TPSA) is 33.1 Å². The van der Waals surface area contributed by atoms with Gasteiger partial charge in [0.1, 0.15) is 0 Å². The van der Waals surface area contributed by atoms with Gasteiger partial charge in [-0.2, -0.15) is 5.10 Å². The van der Waals surface area contributed by atoms with Crippen molar-refractivity contribution in [1.29, 1.82) is 0 Å². The second-order valence-electron chi connectivity index (χ2n) is 5.81. The van der Waals surface area contributed by atoms with Crippen LogP contribution in [0.3, 0.4) is 0 Å². The van der Waals surface area contributed by atoms with E-state index in [1.165, 1.54) is 37.1 Å². The maximum absolute atomic E-state index is 4.53. The minimum Gasteiger partial charge on any atom is -0.317 e. The number of hydrogen-bond donors (Lipinski definition) is 1. The van der Waals surface area contributed by atoms with E-state index < -0.39 is 0 Å². The highest BCUT2D eigenvalue weighted by atomic mass is 15.3. The fraction of sp³-hybridized carbons (Fsp3) is 0.800. The van der Waals surface area contributed by atoms with Crippen LogP contribution in [-0.4, -0.2) is 40.9 Å². The van der Waals surface area contributed by atoms with Crippen LogP contribution in [0.4, 0.5) is 0 Å². The summed E-state index contributed by atoms with van der Waals surface area (Å²) in [7, 11) is 6.39. The highest BCUT2D eigenvalue weighted by Crippen LogP contribution is 2.23. The van der Waals surface area contributed by atoms with Gasteiger partial charge in [0.25, 0.3) is 0 Å². The molecule has 1 aliphatic carbocycles. The molecular formula is C15H28N4. The van der Waals surface area contributed by atoms with E-state index in [1.54, 1.807) is 0 Å². The molecule has 0 unspecified atom stereocenters. The Kier molecular flexibility index (Phi) is 4.99. The fourth-order valence-corrected chi connectivity index (χ4v) is 3.08. The van der Waals surface area contributed by atoms with Crippen molar-refractivity contribution in [3.63, 3.8) is 0 Å². The molecule has 1 aromatic rings. The van der Waals surface area contributed by atoms with Crippen molar-refractivity contribution < 1.29 is 0 Å². The first-order valence-electron chi connectivity index (χ1n) is 7.53. The lowest BCUT2D eigenvalue weighted by Gasteiger charge is -2.34. The average Bonchev–Trinajstić information content (AvgIpc) is 2.79. The van der Waals surface area contributed by atoms with Crippen LogP contribution in [-0.2, 0) is 20.0 Å². The van der Waals surface area contributed by atoms with Crippen molar-refractivity contribution in [3.8, 4) is 0 Å². The van der Waals surface area contributed by atoms with Crippen LogP contribution in [0.1, 0.15) is 44.0 Å². The van der Waals surface area contributed by atoms with Crippen LogP contribution in [0.5, 0.6) is 0 Å². The standard InChI is InChI=1S/C15H28N4/c1-5-12-10-15(19(4)17-12)11-18(3)14-8-6-13(16-2)7-9-14/h10,13-14,16H,5-9,11H2,1-4H3. The molecule has 1 N–H and O–H groups in total. The average molecular weight is 264 g/mol. The van der Waals surface area contributed by atoms with Crippen LogP contribution in [0.25, 0.3) is 0 Å². The van der Waals surface area contributed by atoms with Crippen molar-refractivity contribution in [1.82, 2.24) is 20.0 Å². The molecule has 0 radical (unpaired) electrons. The molecule has 0 bridgehead atoms. The third-order valence-corrected chi connectivity index (χ3v) is 4.53. The summed E-state index contributed by atoms with van der Waals surface area (Å²) in [5.74, 6) is 0. The third-order valence-electron chi connectivity index (χ3n) is 4.53. The van der Waals surface area contributed by atoms with Gasteiger partial charge in [-0.25, -0.2) is 0 Å². The van der Waals surface area contributed by atoms with Gasteiger partial charge < -0.3 is 5.32 Å². The summed E-state index contributed by atoms with van der Waals surface area (Å²) < 4.78 is 2.04. The molecule has 4 heteroatoms. The van der Waals surface area contributed by atoms with Gasteiger partial charge in [-0.05, 0) is 52.3 Å². The first-order chi connectivity index (χ1) is 9.13. The molecular weight excluding hydrogens is 236 g/mol. The second kappa shape index (κ2) is 6.53. The van der Waals surface area contributed by atoms with E-state index >= 15 is 0 Å². The van der Waals surface area contributed by atoms with Crippen LogP contribution in [0, 0.1) is 0 Å². The molecule has 4 nitrogen and oxygen atoms in total. The lowest BCUT2D eigenvalue weighted by atomic mass is 9.90. The van der Waals surface area contributed by atoms with E-state index in [2.05, 4.69) is 49.4 Å². The predicted molar refractivity (Wildman–Crippen MR) is 79.2 cm³/mol. The summed E-state index contributed by atoms with van der Waals surface area (Å²) in [5.41, 5.74) is 2.53. The number of nitrogens with zero attached hydrogens (tertiary/aromatic N) is 3. The minimum absolute atomic E-state index is 0.726. The Balaban J connectivity index is 1.90. The number of aromatic nitrogens is 2. The van der Waals surface area contributed by atoms with Crippen LogP contribution >= 0.6 is 0 Å². The molecule has 2 rings (SSSR count). The molecule has 0 aliphatic heterocycles. The van der Waals surface area contributed by atoms with Crippen LogP contribution in [0.2, 0.25) is 0 Å². The van der Waals surface area contributed by atoms with E-state index in [-0.39, 0.29) is 0 Å². The smallest absolute Gasteiger partial charge is 0.0625 e. The first kappa shape index (κ1) is 14.5. The van der Waals surface area contributed by atoms with Crippen molar-refractivity contribution in [3.05, 3.63) is 17.5 Å². The molecule has 0 spiro atoms. The highest BCUT2D eigenvalue weighted by Gasteiger charge is 2.23. The van der Waals surface area contributed by atoms with Gasteiger partial charge >= 0.3 is 0 Å². The summed E-state index contributed by atoms with van der Waals surface area (Å²) in [5, 5.41) is 7.93. The Morgan fingerprint density at radius 3 is 2.58 bits per heavy atom. The van der Waals surface area contributed by atoms with Gasteiger partial charge in [-0.15, -0.1) is 0 Å². The van der Waals surface area contributed by atoms with Gasteiger partial charge in [0.05, 0.1) is 11.4 Å². The maximum Gasteiger partial charge on any atom is 0.0625 e. The van der Waals surface area contributed by atoms with Gasteiger partial charge in [-0.1, -0.05) is 6.92 Å². The maximum atomic E-state index is 4.53. The SMILES string of the molecule is CCc1cc(CN(C)C2CCC(NC)CC2)n(C)n1. The Bertz CT molecular complexity index is 391. The van der Waals surface area contributed by atoms with Gasteiger partial charge in [-0.3, -0.25) is 9.58 Å². The van der Waals surface area contributed by atoms with Crippen molar-refractivity contribution in [2.24, 2.45) is 7.05 Å². The van der Waals surface area contributed by atoms with E-state index in [1.807, 2.05) is 4.68 Å². The van der Waals surface area contributed by atoms with Crippen LogP contribution < -0.4 is 5.32 Å². The Hall–Kier alpha value is -0.870. The summed E-state index contributed by atoms with van der Waals surface area (Å²) >= 11 is 0. The molecule has 0 atom stereocenters. The summed E-state index contributed by atoms with van der Waals surface area (Å²) in [6.07, 6.45) is 6.24. The number of hydrogen-bond acceptors (Lipinski definition) is 3. The monoisotopic (exact) mass is 264 g/mol. The largest absolute Gasteiger partial charge is 0.317 e. The molecule has 1 heterocycles. The lowest BCUT2D eigenvalue weighted by molar-refractivity contribution is 0.166. The quantitative estimate of drug-likeness (QED) is 0.882. The summed E-state index contributed by atoms with van der Waals surface area (Å²) in [6, 6.07) is 3.70. The van der Waals surface area contributed by atoms with E-state index in [4.69, 9.17) is 0 Å². The van der Waals surface area contributed by atoms with Crippen LogP contribution in [0.15, 0.2) is 6.07 Å². The normalized spacial score (nSPS) is 24.1. The second-order valence-corrected chi connectivity index (χ2v) is 5.81. The molecule has 1 saturated carbocycles. The predicted octanol–water partition coefficient (Wildman–Crippen LogP) is 1.94. The van der Waals surface area contributed by atoms with E-state index in [0.717, 1.165) is 25.0 Å². The van der Waals surface area contributed by atoms with E-state index in [9.17, 15) is 0 Å². The Morgan fingerprint density at radius 2 is 2.05 bits per heavy atom. The van der Waals surface area contributed by atoms with Crippen molar-refractivity contribution >= 4 is 0 Å². The highest BCUT2D eigenvalue weighted by molar-refractivity contribution is 5.10. The summed E-state index contributed by atoms with van der Waals surface area (Å²) in [4.78, 5) is 2.50. The van der Waals surface area contributed by atoms with Gasteiger partial charge in [0, 0.05) is 25.7 Å². The fourth-order valence-electron chi connectivity index (χ4n) is 3.08. The third kappa shape index (κ3) is 3.57. The number of aryl methyl sites for hydroxylation is 2. The number of nitrogens with one attached hydrogen (secondary N) is 1. The molecule has 0 saturated heterocycles. The zero-order valence-electron chi connectivity index (χ0n) is 12.8. The van der Waals surface area contributed by atoms with Gasteiger partial charge in [0.15, 0.2) is 0 Å². The molecule has 1 fully saturated rings. The molecule has 1 aromatic heterocycles. The molecule has 1 aliphatic rings. The zero-order valence-corrected chi connectivity index (χ0v) is 12.8. The Labute approximate surface area is 117 Å². The first-order valence-corrected chi connectivity index (χ1v) is 7.53. The van der Waals surface area contributed by atoms with Gasteiger partial charge in [0.2, 0.25) is 0 Å². The lowest BCUT2D eigenvalue weighted by Crippen LogP contribution is -2.39. The van der Waals surface area contributed by atoms with Crippen molar-refractivity contribution in [2.75, 3.05) is 14.1 Å². The van der Waals surface area contributed by atoms with Crippen molar-refractivity contribution in [2.45, 2.75) is 57.7 Å².